The summed E-state index contributed by atoms with van der Waals surface area (Å²) >= 11 is 3.30. The molecule has 24 heavy (non-hydrogen) atoms. The smallest absolute Gasteiger partial charge is 0.287 e. The number of hydrogen-bond acceptors (Lipinski definition) is 3. The molecule has 2 aromatic rings. The van der Waals surface area contributed by atoms with E-state index in [1.54, 1.807) is 18.5 Å². The van der Waals surface area contributed by atoms with E-state index in [4.69, 9.17) is 0 Å². The lowest BCUT2D eigenvalue weighted by Crippen LogP contribution is -2.23. The molecule has 0 aliphatic carbocycles. The zero-order valence-electron chi connectivity index (χ0n) is 13.8. The topological polar surface area (TPSA) is 60.5 Å². The van der Waals surface area contributed by atoms with Gasteiger partial charge in [0.05, 0.1) is 0 Å². The largest absolute Gasteiger partial charge is 0.356 e. The fraction of sp³-hybridized carbons (Fsp3) is 0.222. The van der Waals surface area contributed by atoms with E-state index in [-0.39, 0.29) is 11.3 Å². The number of nitrogens with one attached hydrogen (secondary N) is 2. The highest BCUT2D eigenvalue weighted by molar-refractivity contribution is 9.10. The Labute approximate surface area is 149 Å². The van der Waals surface area contributed by atoms with Crippen molar-refractivity contribution in [3.63, 3.8) is 0 Å². The SMILES string of the molecule is CN1/C(=C\C=N\NC(=O)c2cc(Br)c[nH]2)C(C)(C)c2ccccc21. The number of amides is 1. The number of aromatic amines is 1. The number of hydrazone groups is 1. The van der Waals surface area contributed by atoms with E-state index < -0.39 is 0 Å². The summed E-state index contributed by atoms with van der Waals surface area (Å²) in [6.45, 7) is 4.37. The van der Waals surface area contributed by atoms with Gasteiger partial charge in [0.25, 0.3) is 5.91 Å². The van der Waals surface area contributed by atoms with Crippen LogP contribution in [0.3, 0.4) is 0 Å². The highest BCUT2D eigenvalue weighted by atomic mass is 79.9. The Morgan fingerprint density at radius 1 is 1.38 bits per heavy atom. The van der Waals surface area contributed by atoms with Crippen molar-refractivity contribution in [2.24, 2.45) is 5.10 Å². The summed E-state index contributed by atoms with van der Waals surface area (Å²) in [4.78, 5) is 16.9. The molecule has 0 bridgehead atoms. The van der Waals surface area contributed by atoms with Gasteiger partial charge in [-0.05, 0) is 39.7 Å². The van der Waals surface area contributed by atoms with Crippen LogP contribution in [0.4, 0.5) is 5.69 Å². The van der Waals surface area contributed by atoms with Crippen LogP contribution in [0.5, 0.6) is 0 Å². The van der Waals surface area contributed by atoms with Gasteiger partial charge >= 0.3 is 0 Å². The molecule has 1 amide bonds. The molecule has 0 saturated carbocycles. The lowest BCUT2D eigenvalue weighted by Gasteiger charge is -2.23. The van der Waals surface area contributed by atoms with Crippen molar-refractivity contribution < 1.29 is 4.79 Å². The van der Waals surface area contributed by atoms with Crippen molar-refractivity contribution in [1.29, 1.82) is 0 Å². The average Bonchev–Trinajstić information content (AvgIpc) is 3.07. The molecule has 1 aliphatic rings. The zero-order valence-corrected chi connectivity index (χ0v) is 15.4. The second-order valence-electron chi connectivity index (χ2n) is 6.20. The van der Waals surface area contributed by atoms with Crippen LogP contribution >= 0.6 is 15.9 Å². The number of likely N-dealkylation sites (N-methyl/N-ethyl adjacent to an activating group) is 1. The van der Waals surface area contributed by atoms with Crippen LogP contribution in [0.2, 0.25) is 0 Å². The minimum atomic E-state index is -0.280. The van der Waals surface area contributed by atoms with E-state index in [2.05, 4.69) is 68.4 Å². The number of rotatable bonds is 3. The molecule has 5 nitrogen and oxygen atoms in total. The summed E-state index contributed by atoms with van der Waals surface area (Å²) in [5.41, 5.74) is 6.48. The van der Waals surface area contributed by atoms with Crippen LogP contribution in [0.1, 0.15) is 29.9 Å². The molecular formula is C18H19BrN4O. The van der Waals surface area contributed by atoms with E-state index in [1.165, 1.54) is 11.3 Å². The first-order chi connectivity index (χ1) is 11.4. The summed E-state index contributed by atoms with van der Waals surface area (Å²) in [6, 6.07) is 10.1. The minimum Gasteiger partial charge on any atom is -0.356 e. The summed E-state index contributed by atoms with van der Waals surface area (Å²) < 4.78 is 0.825. The van der Waals surface area contributed by atoms with Crippen LogP contribution in [0, 0.1) is 0 Å². The molecule has 0 radical (unpaired) electrons. The summed E-state index contributed by atoms with van der Waals surface area (Å²) in [7, 11) is 2.04. The lowest BCUT2D eigenvalue weighted by atomic mass is 9.84. The minimum absolute atomic E-state index is 0.105. The van der Waals surface area contributed by atoms with Gasteiger partial charge in [0.15, 0.2) is 0 Å². The molecule has 1 aliphatic heterocycles. The van der Waals surface area contributed by atoms with Crippen molar-refractivity contribution >= 4 is 33.7 Å². The highest BCUT2D eigenvalue weighted by Crippen LogP contribution is 2.46. The van der Waals surface area contributed by atoms with Gasteiger partial charge in [0, 0.05) is 40.7 Å². The molecule has 0 unspecified atom stereocenters. The summed E-state index contributed by atoms with van der Waals surface area (Å²) in [5.74, 6) is -0.280. The number of halogens is 1. The average molecular weight is 387 g/mol. The van der Waals surface area contributed by atoms with Gasteiger partial charge in [-0.1, -0.05) is 32.0 Å². The van der Waals surface area contributed by atoms with E-state index >= 15 is 0 Å². The van der Waals surface area contributed by atoms with E-state index in [9.17, 15) is 4.79 Å². The molecule has 0 fully saturated rings. The fourth-order valence-electron chi connectivity index (χ4n) is 3.06. The van der Waals surface area contributed by atoms with Gasteiger partial charge in [-0.25, -0.2) is 5.43 Å². The Bertz CT molecular complexity index is 835. The molecule has 2 N–H and O–H groups in total. The summed E-state index contributed by atoms with van der Waals surface area (Å²) in [5, 5.41) is 4.02. The molecule has 6 heteroatoms. The van der Waals surface area contributed by atoms with Gasteiger partial charge in [0.2, 0.25) is 0 Å². The van der Waals surface area contributed by atoms with Crippen LogP contribution < -0.4 is 10.3 Å². The molecule has 0 atom stereocenters. The Morgan fingerprint density at radius 2 is 2.12 bits per heavy atom. The highest BCUT2D eigenvalue weighted by Gasteiger charge is 2.37. The van der Waals surface area contributed by atoms with Crippen LogP contribution in [0.15, 0.2) is 57.9 Å². The monoisotopic (exact) mass is 386 g/mol. The van der Waals surface area contributed by atoms with Gasteiger partial charge in [0.1, 0.15) is 5.69 Å². The van der Waals surface area contributed by atoms with E-state index in [0.717, 1.165) is 10.2 Å². The number of para-hydroxylation sites is 1. The van der Waals surface area contributed by atoms with Gasteiger partial charge < -0.3 is 9.88 Å². The Balaban J connectivity index is 1.74. The number of carbonyl (C=O) groups is 1. The second-order valence-corrected chi connectivity index (χ2v) is 7.12. The number of hydrogen-bond donors (Lipinski definition) is 2. The lowest BCUT2D eigenvalue weighted by molar-refractivity contribution is 0.0951. The predicted octanol–water partition coefficient (Wildman–Crippen LogP) is 3.80. The predicted molar refractivity (Wildman–Crippen MR) is 100 cm³/mol. The first-order valence-corrected chi connectivity index (χ1v) is 8.42. The molecule has 1 aromatic carbocycles. The normalized spacial score (nSPS) is 17.5. The number of nitrogens with zero attached hydrogens (tertiary/aromatic N) is 2. The van der Waals surface area contributed by atoms with E-state index in [0.29, 0.717) is 5.69 Å². The van der Waals surface area contributed by atoms with Crippen molar-refractivity contribution in [1.82, 2.24) is 10.4 Å². The quantitative estimate of drug-likeness (QED) is 0.622. The first kappa shape index (κ1) is 16.5. The maximum atomic E-state index is 11.9. The number of fused-ring (bicyclic) bond motifs is 1. The maximum absolute atomic E-state index is 11.9. The van der Waals surface area contributed by atoms with Crippen LogP contribution in [-0.2, 0) is 5.41 Å². The molecular weight excluding hydrogens is 368 g/mol. The Hall–Kier alpha value is -2.34. The zero-order chi connectivity index (χ0) is 17.3. The third-order valence-electron chi connectivity index (χ3n) is 4.31. The third kappa shape index (κ3) is 2.89. The molecule has 3 rings (SSSR count). The Kier molecular flexibility index (Phi) is 4.32. The standard InChI is InChI=1S/C18H19BrN4O/c1-18(2)13-6-4-5-7-15(13)23(3)16(18)8-9-21-22-17(24)14-10-12(19)11-20-14/h4-11,20H,1-3H3,(H,22,24)/b16-8-,21-9+. The second kappa shape index (κ2) is 6.28. The van der Waals surface area contributed by atoms with Gasteiger partial charge in [-0.3, -0.25) is 4.79 Å². The molecule has 0 saturated heterocycles. The molecule has 0 spiro atoms. The number of H-pyrrole nitrogens is 1. The van der Waals surface area contributed by atoms with Crippen molar-refractivity contribution in [3.05, 3.63) is 64.0 Å². The number of aromatic nitrogens is 1. The number of anilines is 1. The maximum Gasteiger partial charge on any atom is 0.287 e. The molecule has 2 heterocycles. The van der Waals surface area contributed by atoms with Gasteiger partial charge in [-0.2, -0.15) is 5.10 Å². The molecule has 1 aromatic heterocycles. The van der Waals surface area contributed by atoms with Gasteiger partial charge in [-0.15, -0.1) is 0 Å². The van der Waals surface area contributed by atoms with E-state index in [1.807, 2.05) is 19.2 Å². The third-order valence-corrected chi connectivity index (χ3v) is 4.76. The van der Waals surface area contributed by atoms with Crippen molar-refractivity contribution in [2.75, 3.05) is 11.9 Å². The Morgan fingerprint density at radius 3 is 2.79 bits per heavy atom. The first-order valence-electron chi connectivity index (χ1n) is 7.62. The number of benzene rings is 1. The number of allylic oxidation sites excluding steroid dienone is 2. The van der Waals surface area contributed by atoms with Crippen molar-refractivity contribution in [3.8, 4) is 0 Å². The fourth-order valence-corrected chi connectivity index (χ4v) is 3.41. The van der Waals surface area contributed by atoms with Crippen LogP contribution in [0.25, 0.3) is 0 Å². The molecule has 124 valence electrons. The number of carbonyl (C=O) groups excluding carboxylic acids is 1. The van der Waals surface area contributed by atoms with Crippen molar-refractivity contribution in [2.45, 2.75) is 19.3 Å². The van der Waals surface area contributed by atoms with Crippen LogP contribution in [-0.4, -0.2) is 24.2 Å². The summed E-state index contributed by atoms with van der Waals surface area (Å²) in [6.07, 6.45) is 5.26.